The van der Waals surface area contributed by atoms with Crippen LogP contribution in [-0.4, -0.2) is 19.7 Å². The first-order valence-corrected chi connectivity index (χ1v) is 11.9. The summed E-state index contributed by atoms with van der Waals surface area (Å²) < 4.78 is 49.9. The zero-order chi connectivity index (χ0) is 25.4. The highest BCUT2D eigenvalue weighted by molar-refractivity contribution is 7.98. The fraction of sp³-hybridized carbons (Fsp3) is 0.192. The van der Waals surface area contributed by atoms with E-state index in [-0.39, 0.29) is 18.0 Å². The monoisotopic (exact) mass is 521 g/mol. The maximum atomic E-state index is 13.3. The van der Waals surface area contributed by atoms with E-state index in [4.69, 9.17) is 21.1 Å². The third-order valence-corrected chi connectivity index (χ3v) is 6.20. The van der Waals surface area contributed by atoms with Crippen LogP contribution < -0.4 is 10.1 Å². The molecule has 35 heavy (non-hydrogen) atoms. The highest BCUT2D eigenvalue weighted by atomic mass is 35.5. The lowest BCUT2D eigenvalue weighted by atomic mass is 10.1. The minimum Gasteiger partial charge on any atom is -0.495 e. The van der Waals surface area contributed by atoms with Gasteiger partial charge < -0.3 is 14.8 Å². The van der Waals surface area contributed by atoms with Crippen LogP contribution in [0.4, 0.5) is 24.5 Å². The number of rotatable bonds is 9. The number of thioether (sulfide) groups is 1. The third kappa shape index (κ3) is 7.44. The average Bonchev–Trinajstić information content (AvgIpc) is 2.82. The molecule has 3 aromatic rings. The van der Waals surface area contributed by atoms with Gasteiger partial charge in [-0.3, -0.25) is 0 Å². The Morgan fingerprint density at radius 1 is 1.09 bits per heavy atom. The quantitative estimate of drug-likeness (QED) is 0.176. The molecule has 3 rings (SSSR count). The average molecular weight is 522 g/mol. The summed E-state index contributed by atoms with van der Waals surface area (Å²) in [5.41, 5.74) is 1.60. The molecule has 0 radical (unpaired) electrons. The van der Waals surface area contributed by atoms with Gasteiger partial charge in [-0.05, 0) is 54.5 Å². The van der Waals surface area contributed by atoms with Gasteiger partial charge in [0.1, 0.15) is 5.75 Å². The van der Waals surface area contributed by atoms with Gasteiger partial charge in [-0.2, -0.15) is 13.2 Å². The zero-order valence-electron chi connectivity index (χ0n) is 19.0. The molecule has 0 saturated heterocycles. The van der Waals surface area contributed by atoms with Gasteiger partial charge in [-0.1, -0.05) is 41.9 Å². The fourth-order valence-corrected chi connectivity index (χ4v) is 4.32. The molecule has 0 atom stereocenters. The summed E-state index contributed by atoms with van der Waals surface area (Å²) in [5.74, 6) is 0.220. The van der Waals surface area contributed by atoms with Gasteiger partial charge in [0.05, 0.1) is 30.0 Å². The number of halogens is 4. The van der Waals surface area contributed by atoms with Crippen molar-refractivity contribution in [1.82, 2.24) is 0 Å². The minimum atomic E-state index is -4.62. The predicted octanol–water partition coefficient (Wildman–Crippen LogP) is 7.98. The molecule has 0 fully saturated rings. The first-order valence-electron chi connectivity index (χ1n) is 10.6. The second kappa shape index (κ2) is 12.0. The number of methoxy groups -OCH3 is 1. The maximum absolute atomic E-state index is 13.3. The Balaban J connectivity index is 1.94. The van der Waals surface area contributed by atoms with Gasteiger partial charge in [0.15, 0.2) is 0 Å². The molecule has 0 aliphatic carbocycles. The summed E-state index contributed by atoms with van der Waals surface area (Å²) in [7, 11) is 1.28. The molecule has 0 bridgehead atoms. The summed E-state index contributed by atoms with van der Waals surface area (Å²) in [6, 6.07) is 17.5. The zero-order valence-corrected chi connectivity index (χ0v) is 20.6. The number of carbonyl (C=O) groups is 1. The summed E-state index contributed by atoms with van der Waals surface area (Å²) in [6.07, 6.45) is -1.73. The van der Waals surface area contributed by atoms with E-state index in [1.54, 1.807) is 30.8 Å². The molecule has 0 aliphatic heterocycles. The van der Waals surface area contributed by atoms with E-state index in [0.29, 0.717) is 11.3 Å². The van der Waals surface area contributed by atoms with E-state index in [1.165, 1.54) is 19.3 Å². The summed E-state index contributed by atoms with van der Waals surface area (Å²) in [4.78, 5) is 12.8. The molecule has 0 saturated carbocycles. The number of anilines is 2. The van der Waals surface area contributed by atoms with Crippen LogP contribution in [0.15, 0.2) is 71.6 Å². The first-order chi connectivity index (χ1) is 16.7. The van der Waals surface area contributed by atoms with E-state index in [9.17, 15) is 18.0 Å². The Morgan fingerprint density at radius 3 is 2.49 bits per heavy atom. The molecule has 0 heterocycles. The highest BCUT2D eigenvalue weighted by Crippen LogP contribution is 2.41. The topological polar surface area (TPSA) is 47.6 Å². The number of hydrogen-bond acceptors (Lipinski definition) is 5. The van der Waals surface area contributed by atoms with Crippen LogP contribution in [0.5, 0.6) is 5.75 Å². The number of ether oxygens (including phenoxy) is 2. The fourth-order valence-electron chi connectivity index (χ4n) is 3.15. The maximum Gasteiger partial charge on any atom is 0.417 e. The number of benzene rings is 3. The molecule has 0 aliphatic rings. The number of hydrogen-bond donors (Lipinski definition) is 1. The van der Waals surface area contributed by atoms with E-state index in [0.717, 1.165) is 22.3 Å². The molecule has 184 valence electrons. The molecule has 0 spiro atoms. The molecule has 4 nitrogen and oxygen atoms in total. The second-order valence-corrected chi connectivity index (χ2v) is 8.72. The van der Waals surface area contributed by atoms with Gasteiger partial charge in [0, 0.05) is 22.4 Å². The van der Waals surface area contributed by atoms with Gasteiger partial charge in [-0.25, -0.2) is 4.79 Å². The van der Waals surface area contributed by atoms with Crippen LogP contribution >= 0.6 is 23.4 Å². The van der Waals surface area contributed by atoms with Crippen molar-refractivity contribution >= 4 is 46.8 Å². The van der Waals surface area contributed by atoms with Crippen molar-refractivity contribution in [3.63, 3.8) is 0 Å². The number of nitrogens with one attached hydrogen (secondary N) is 1. The van der Waals surface area contributed by atoms with Crippen molar-refractivity contribution < 1.29 is 27.4 Å². The first kappa shape index (κ1) is 26.5. The van der Waals surface area contributed by atoms with Crippen LogP contribution in [-0.2, 0) is 21.5 Å². The lowest BCUT2D eigenvalue weighted by molar-refractivity contribution is -0.138. The van der Waals surface area contributed by atoms with E-state index in [1.807, 2.05) is 42.5 Å². The van der Waals surface area contributed by atoms with Gasteiger partial charge in [0.25, 0.3) is 0 Å². The molecular formula is C26H23ClF3NO3S. The summed E-state index contributed by atoms with van der Waals surface area (Å²) >= 11 is 7.53. The molecule has 3 aromatic carbocycles. The Bertz CT molecular complexity index is 1200. The Kier molecular flexibility index (Phi) is 9.12. The van der Waals surface area contributed by atoms with Crippen LogP contribution in [0.3, 0.4) is 0 Å². The van der Waals surface area contributed by atoms with Crippen molar-refractivity contribution in [2.45, 2.75) is 23.7 Å². The van der Waals surface area contributed by atoms with Crippen molar-refractivity contribution in [2.75, 3.05) is 19.0 Å². The molecular weight excluding hydrogens is 499 g/mol. The van der Waals surface area contributed by atoms with Crippen LogP contribution in [0.1, 0.15) is 23.6 Å². The third-order valence-electron chi connectivity index (χ3n) is 4.82. The van der Waals surface area contributed by atoms with E-state index in [2.05, 4.69) is 5.32 Å². The molecule has 0 amide bonds. The normalized spacial score (nSPS) is 11.5. The SMILES string of the molecule is CCOC(=O)C=Cc1cc(SCc2ccccc2)ccc1Nc1cc(Cl)c(C(F)(F)F)cc1OC. The molecule has 1 N–H and O–H groups in total. The second-order valence-electron chi connectivity index (χ2n) is 7.26. The van der Waals surface area contributed by atoms with E-state index < -0.39 is 22.7 Å². The molecule has 9 heteroatoms. The van der Waals surface area contributed by atoms with Gasteiger partial charge in [-0.15, -0.1) is 11.8 Å². The van der Waals surface area contributed by atoms with Crippen LogP contribution in [0.25, 0.3) is 6.08 Å². The van der Waals surface area contributed by atoms with Crippen molar-refractivity contribution in [3.05, 3.63) is 88.5 Å². The molecule has 0 unspecified atom stereocenters. The largest absolute Gasteiger partial charge is 0.495 e. The van der Waals surface area contributed by atoms with Crippen LogP contribution in [0.2, 0.25) is 5.02 Å². The summed E-state index contributed by atoms with van der Waals surface area (Å²) in [5, 5.41) is 2.62. The Morgan fingerprint density at radius 2 is 1.83 bits per heavy atom. The Hall–Kier alpha value is -3.10. The lowest BCUT2D eigenvalue weighted by Gasteiger charge is -2.17. The lowest BCUT2D eigenvalue weighted by Crippen LogP contribution is -2.07. The minimum absolute atomic E-state index is 0.0235. The van der Waals surface area contributed by atoms with Gasteiger partial charge >= 0.3 is 12.1 Å². The predicted molar refractivity (Wildman–Crippen MR) is 134 cm³/mol. The molecule has 0 aromatic heterocycles. The number of carbonyl (C=O) groups excluding carboxylic acids is 1. The van der Waals surface area contributed by atoms with Crippen molar-refractivity contribution in [1.29, 1.82) is 0 Å². The highest BCUT2D eigenvalue weighted by Gasteiger charge is 2.34. The van der Waals surface area contributed by atoms with Crippen LogP contribution in [0, 0.1) is 0 Å². The summed E-state index contributed by atoms with van der Waals surface area (Å²) in [6.45, 7) is 1.95. The van der Waals surface area contributed by atoms with Crippen molar-refractivity contribution in [3.8, 4) is 5.75 Å². The standard InChI is InChI=1S/C26H23ClF3NO3S/c1-3-34-25(32)12-9-18-13-19(35-16-17-7-5-4-6-8-17)10-11-22(18)31-23-15-21(27)20(26(28,29)30)14-24(23)33-2/h4-15,31H,3,16H2,1-2H3. The number of alkyl halides is 3. The van der Waals surface area contributed by atoms with E-state index >= 15 is 0 Å². The Labute approximate surface area is 211 Å². The smallest absolute Gasteiger partial charge is 0.417 e. The van der Waals surface area contributed by atoms with Crippen molar-refractivity contribution in [2.24, 2.45) is 0 Å². The van der Waals surface area contributed by atoms with Gasteiger partial charge in [0.2, 0.25) is 0 Å². The number of esters is 1.